The second kappa shape index (κ2) is 4.62. The van der Waals surface area contributed by atoms with Crippen LogP contribution in [0.15, 0.2) is 18.2 Å². The van der Waals surface area contributed by atoms with Crippen LogP contribution in [0.3, 0.4) is 0 Å². The van der Waals surface area contributed by atoms with Crippen molar-refractivity contribution >= 4 is 17.4 Å². The molecule has 2 fully saturated rings. The number of halogens is 1. The molecular weight excluding hydrogens is 267 g/mol. The zero-order chi connectivity index (χ0) is 14.3. The van der Waals surface area contributed by atoms with Gasteiger partial charge in [0.15, 0.2) is 0 Å². The van der Waals surface area contributed by atoms with Crippen molar-refractivity contribution < 1.29 is 14.1 Å². The zero-order valence-corrected chi connectivity index (χ0v) is 10.6. The van der Waals surface area contributed by atoms with Crippen LogP contribution in [0, 0.1) is 15.9 Å². The lowest BCUT2D eigenvalue weighted by Crippen LogP contribution is -2.52. The summed E-state index contributed by atoms with van der Waals surface area (Å²) in [5.74, 6) is -0.628. The van der Waals surface area contributed by atoms with Gasteiger partial charge in [0.2, 0.25) is 0 Å². The molecule has 1 atom stereocenters. The third kappa shape index (κ3) is 2.13. The molecule has 0 aromatic heterocycles. The molecule has 2 amide bonds. The Hall–Kier alpha value is -2.38. The van der Waals surface area contributed by atoms with Crippen molar-refractivity contribution in [1.29, 1.82) is 0 Å². The quantitative estimate of drug-likeness (QED) is 0.646. The number of nitrogens with zero attached hydrogens (tertiary/aromatic N) is 3. The Morgan fingerprint density at radius 2 is 2.15 bits per heavy atom. The zero-order valence-electron chi connectivity index (χ0n) is 10.6. The Bertz CT molecular complexity index is 580. The van der Waals surface area contributed by atoms with E-state index in [0.717, 1.165) is 6.07 Å². The van der Waals surface area contributed by atoms with Crippen molar-refractivity contribution in [1.82, 2.24) is 10.2 Å². The number of hydrogen-bond donors (Lipinski definition) is 1. The van der Waals surface area contributed by atoms with Gasteiger partial charge in [0.05, 0.1) is 17.0 Å². The van der Waals surface area contributed by atoms with Crippen LogP contribution >= 0.6 is 0 Å². The Morgan fingerprint density at radius 1 is 1.35 bits per heavy atom. The Kier molecular flexibility index (Phi) is 2.92. The molecule has 0 aliphatic carbocycles. The number of hydrogen-bond acceptors (Lipinski definition) is 4. The maximum Gasteiger partial charge on any atom is 0.317 e. The molecule has 8 heteroatoms. The lowest BCUT2D eigenvalue weighted by atomic mass is 10.1. The van der Waals surface area contributed by atoms with Crippen LogP contribution in [0.2, 0.25) is 0 Å². The summed E-state index contributed by atoms with van der Waals surface area (Å²) in [4.78, 5) is 25.3. The molecule has 2 aliphatic heterocycles. The molecule has 0 saturated carbocycles. The van der Waals surface area contributed by atoms with E-state index in [4.69, 9.17) is 0 Å². The van der Waals surface area contributed by atoms with Crippen LogP contribution in [-0.2, 0) is 0 Å². The van der Waals surface area contributed by atoms with E-state index in [-0.39, 0.29) is 17.8 Å². The number of fused-ring (bicyclic) bond motifs is 1. The molecule has 1 aromatic rings. The Labute approximate surface area is 114 Å². The summed E-state index contributed by atoms with van der Waals surface area (Å²) < 4.78 is 13.5. The predicted octanol–water partition coefficient (Wildman–Crippen LogP) is 0.948. The summed E-state index contributed by atoms with van der Waals surface area (Å²) in [5, 5.41) is 13.5. The average molecular weight is 280 g/mol. The van der Waals surface area contributed by atoms with Crippen molar-refractivity contribution in [3.05, 3.63) is 34.1 Å². The molecule has 1 unspecified atom stereocenters. The van der Waals surface area contributed by atoms with Gasteiger partial charge in [0.1, 0.15) is 5.82 Å². The van der Waals surface area contributed by atoms with Crippen LogP contribution in [0.1, 0.15) is 0 Å². The summed E-state index contributed by atoms with van der Waals surface area (Å²) >= 11 is 0. The van der Waals surface area contributed by atoms with Gasteiger partial charge in [-0.3, -0.25) is 10.1 Å². The van der Waals surface area contributed by atoms with E-state index in [1.165, 1.54) is 12.1 Å². The van der Waals surface area contributed by atoms with Crippen molar-refractivity contribution in [3.8, 4) is 0 Å². The number of carbonyl (C=O) groups excluding carboxylic acids is 1. The first-order valence-corrected chi connectivity index (χ1v) is 6.29. The molecule has 20 heavy (non-hydrogen) atoms. The second-order valence-corrected chi connectivity index (χ2v) is 4.90. The third-order valence-electron chi connectivity index (χ3n) is 3.68. The standard InChI is InChI=1S/C12H13FN4O3/c13-8-3-9(5-10(4-8)17(19)20)15-1-2-16-11(7-15)6-14-12(16)18/h3-5,11H,1-2,6-7H2,(H,14,18). The van der Waals surface area contributed by atoms with Gasteiger partial charge in [-0.2, -0.15) is 0 Å². The Morgan fingerprint density at radius 3 is 2.90 bits per heavy atom. The van der Waals surface area contributed by atoms with Gasteiger partial charge in [0.25, 0.3) is 5.69 Å². The van der Waals surface area contributed by atoms with Crippen LogP contribution in [0.5, 0.6) is 0 Å². The Balaban J connectivity index is 1.83. The SMILES string of the molecule is O=C1NCC2CN(c3cc(F)cc([N+](=O)[O-])c3)CCN12. The molecule has 2 heterocycles. The number of rotatable bonds is 2. The minimum Gasteiger partial charge on any atom is -0.367 e. The van der Waals surface area contributed by atoms with Gasteiger partial charge in [-0.15, -0.1) is 0 Å². The summed E-state index contributed by atoms with van der Waals surface area (Å²) in [5.41, 5.74) is 0.221. The van der Waals surface area contributed by atoms with E-state index in [1.807, 2.05) is 4.90 Å². The molecular formula is C12H13FN4O3. The molecule has 3 rings (SSSR count). The van der Waals surface area contributed by atoms with Crippen molar-refractivity contribution in [2.45, 2.75) is 6.04 Å². The third-order valence-corrected chi connectivity index (χ3v) is 3.68. The number of anilines is 1. The molecule has 106 valence electrons. The van der Waals surface area contributed by atoms with E-state index in [2.05, 4.69) is 5.32 Å². The largest absolute Gasteiger partial charge is 0.367 e. The van der Waals surface area contributed by atoms with Gasteiger partial charge < -0.3 is 15.1 Å². The summed E-state index contributed by atoms with van der Waals surface area (Å²) in [7, 11) is 0. The smallest absolute Gasteiger partial charge is 0.317 e. The average Bonchev–Trinajstić information content (AvgIpc) is 2.79. The molecule has 0 spiro atoms. The number of piperazine rings is 1. The monoisotopic (exact) mass is 280 g/mol. The normalized spacial score (nSPS) is 21.6. The number of nitro benzene ring substituents is 1. The van der Waals surface area contributed by atoms with Crippen LogP contribution < -0.4 is 10.2 Å². The minimum atomic E-state index is -0.628. The number of amides is 2. The van der Waals surface area contributed by atoms with Crippen LogP contribution in [0.4, 0.5) is 20.6 Å². The molecule has 2 aliphatic rings. The fourth-order valence-corrected chi connectivity index (χ4v) is 2.69. The van der Waals surface area contributed by atoms with E-state index in [9.17, 15) is 19.3 Å². The summed E-state index contributed by atoms with van der Waals surface area (Å²) in [6.07, 6.45) is 0. The highest BCUT2D eigenvalue weighted by Gasteiger charge is 2.35. The van der Waals surface area contributed by atoms with Gasteiger partial charge >= 0.3 is 6.03 Å². The van der Waals surface area contributed by atoms with E-state index in [0.29, 0.717) is 31.9 Å². The molecule has 1 aromatic carbocycles. The first-order chi connectivity index (χ1) is 9.54. The van der Waals surface area contributed by atoms with Gasteiger partial charge in [-0.1, -0.05) is 0 Å². The molecule has 7 nitrogen and oxygen atoms in total. The summed E-state index contributed by atoms with van der Waals surface area (Å²) in [6, 6.07) is 3.49. The van der Waals surface area contributed by atoms with Gasteiger partial charge in [-0.05, 0) is 6.07 Å². The summed E-state index contributed by atoms with van der Waals surface area (Å²) in [6.45, 7) is 2.15. The predicted molar refractivity (Wildman–Crippen MR) is 69.2 cm³/mol. The first kappa shape index (κ1) is 12.6. The first-order valence-electron chi connectivity index (χ1n) is 6.29. The van der Waals surface area contributed by atoms with Crippen molar-refractivity contribution in [3.63, 3.8) is 0 Å². The number of carbonyl (C=O) groups is 1. The lowest BCUT2D eigenvalue weighted by Gasteiger charge is -2.37. The van der Waals surface area contributed by atoms with Crippen LogP contribution in [-0.4, -0.2) is 48.1 Å². The number of urea groups is 1. The van der Waals surface area contributed by atoms with E-state index >= 15 is 0 Å². The number of nitrogens with one attached hydrogen (secondary N) is 1. The highest BCUT2D eigenvalue weighted by Crippen LogP contribution is 2.26. The fourth-order valence-electron chi connectivity index (χ4n) is 2.69. The number of benzene rings is 1. The highest BCUT2D eigenvalue weighted by molar-refractivity contribution is 5.77. The lowest BCUT2D eigenvalue weighted by molar-refractivity contribution is -0.385. The molecule has 2 saturated heterocycles. The minimum absolute atomic E-state index is 0.0265. The molecule has 0 bridgehead atoms. The maximum absolute atomic E-state index is 13.5. The topological polar surface area (TPSA) is 78.7 Å². The van der Waals surface area contributed by atoms with Gasteiger partial charge in [-0.25, -0.2) is 9.18 Å². The highest BCUT2D eigenvalue weighted by atomic mass is 19.1. The number of nitro groups is 1. The molecule has 1 N–H and O–H groups in total. The van der Waals surface area contributed by atoms with Crippen molar-refractivity contribution in [2.75, 3.05) is 31.1 Å². The van der Waals surface area contributed by atoms with E-state index < -0.39 is 10.7 Å². The maximum atomic E-state index is 13.5. The van der Waals surface area contributed by atoms with Gasteiger partial charge in [0, 0.05) is 37.9 Å². The number of non-ortho nitro benzene ring substituents is 1. The second-order valence-electron chi connectivity index (χ2n) is 4.90. The molecule has 0 radical (unpaired) electrons. The van der Waals surface area contributed by atoms with E-state index in [1.54, 1.807) is 4.90 Å². The van der Waals surface area contributed by atoms with Crippen molar-refractivity contribution in [2.24, 2.45) is 0 Å². The fraction of sp³-hybridized carbons (Fsp3) is 0.417. The van der Waals surface area contributed by atoms with Crippen LogP contribution in [0.25, 0.3) is 0 Å².